The Balaban J connectivity index is 1.64. The fourth-order valence-corrected chi connectivity index (χ4v) is 2.37. The van der Waals surface area contributed by atoms with E-state index in [1.807, 2.05) is 25.1 Å². The van der Waals surface area contributed by atoms with Crippen LogP contribution in [0.15, 0.2) is 59.3 Å². The summed E-state index contributed by atoms with van der Waals surface area (Å²) >= 11 is 0. The van der Waals surface area contributed by atoms with Crippen molar-refractivity contribution >= 4 is 5.91 Å². The van der Waals surface area contributed by atoms with E-state index in [1.54, 1.807) is 23.2 Å². The van der Waals surface area contributed by atoms with Crippen molar-refractivity contribution < 1.29 is 18.4 Å². The van der Waals surface area contributed by atoms with E-state index in [0.29, 0.717) is 18.8 Å². The molecule has 3 rings (SSSR count). The van der Waals surface area contributed by atoms with Crippen LogP contribution < -0.4 is 4.74 Å². The Morgan fingerprint density at radius 1 is 1.23 bits per heavy atom. The van der Waals surface area contributed by atoms with Crippen LogP contribution in [0.5, 0.6) is 5.75 Å². The maximum absolute atomic E-state index is 13.5. The van der Waals surface area contributed by atoms with Crippen molar-refractivity contribution in [3.63, 3.8) is 0 Å². The first kappa shape index (κ1) is 17.6. The van der Waals surface area contributed by atoms with Gasteiger partial charge in [-0.05, 0) is 31.2 Å². The number of halogens is 1. The van der Waals surface area contributed by atoms with Gasteiger partial charge < -0.3 is 14.2 Å². The zero-order valence-corrected chi connectivity index (χ0v) is 14.3. The molecule has 2 heterocycles. The number of para-hydroxylation sites is 1. The zero-order chi connectivity index (χ0) is 18.4. The topological polar surface area (TPSA) is 68.5 Å². The summed E-state index contributed by atoms with van der Waals surface area (Å²) in [5.74, 6) is -0.275. The number of aromatic nitrogens is 2. The van der Waals surface area contributed by atoms with Crippen LogP contribution in [-0.2, 0) is 13.2 Å². The quantitative estimate of drug-likeness (QED) is 0.649. The Morgan fingerprint density at radius 2 is 2.04 bits per heavy atom. The first-order chi connectivity index (χ1) is 12.7. The van der Waals surface area contributed by atoms with Gasteiger partial charge in [0.25, 0.3) is 5.91 Å². The Kier molecular flexibility index (Phi) is 5.58. The Labute approximate surface area is 150 Å². The number of hydrogen-bond acceptors (Lipinski definition) is 5. The van der Waals surface area contributed by atoms with Gasteiger partial charge >= 0.3 is 0 Å². The average molecular weight is 355 g/mol. The van der Waals surface area contributed by atoms with Gasteiger partial charge in [0.15, 0.2) is 23.0 Å². The molecule has 1 aromatic carbocycles. The lowest BCUT2D eigenvalue weighted by molar-refractivity contribution is 0.0740. The maximum atomic E-state index is 13.5. The molecule has 26 heavy (non-hydrogen) atoms. The number of pyridine rings is 1. The molecule has 0 radical (unpaired) electrons. The summed E-state index contributed by atoms with van der Waals surface area (Å²) < 4.78 is 24.0. The summed E-state index contributed by atoms with van der Waals surface area (Å²) in [5, 5.41) is 3.80. The molecule has 2 aromatic heterocycles. The molecule has 0 fully saturated rings. The van der Waals surface area contributed by atoms with E-state index in [4.69, 9.17) is 9.26 Å². The van der Waals surface area contributed by atoms with Crippen molar-refractivity contribution in [3.8, 4) is 5.75 Å². The van der Waals surface area contributed by atoms with E-state index in [1.165, 1.54) is 18.2 Å². The Morgan fingerprint density at radius 3 is 2.77 bits per heavy atom. The van der Waals surface area contributed by atoms with Crippen molar-refractivity contribution in [1.29, 1.82) is 0 Å². The normalized spacial score (nSPS) is 10.5. The summed E-state index contributed by atoms with van der Waals surface area (Å²) in [5.41, 5.74) is 0.962. The highest BCUT2D eigenvalue weighted by molar-refractivity contribution is 5.92. The molecule has 0 aliphatic rings. The Hall–Kier alpha value is -3.22. The highest BCUT2D eigenvalue weighted by Gasteiger charge is 2.19. The number of rotatable bonds is 7. The highest BCUT2D eigenvalue weighted by atomic mass is 19.1. The molecular formula is C19H18FN3O3. The van der Waals surface area contributed by atoms with Gasteiger partial charge in [0, 0.05) is 18.8 Å². The third kappa shape index (κ3) is 4.24. The van der Waals surface area contributed by atoms with Crippen molar-refractivity contribution in [2.24, 2.45) is 0 Å². The van der Waals surface area contributed by atoms with Gasteiger partial charge in [-0.25, -0.2) is 4.39 Å². The molecule has 0 saturated carbocycles. The standard InChI is InChI=1S/C19H18FN3O3/c1-2-23(12-14-7-5-6-10-21-14)19(24)17-11-15(26-22-17)13-25-18-9-4-3-8-16(18)20/h3-11H,2,12-13H2,1H3. The molecule has 7 heteroatoms. The van der Waals surface area contributed by atoms with Gasteiger partial charge in [-0.3, -0.25) is 9.78 Å². The van der Waals surface area contributed by atoms with Crippen molar-refractivity contribution in [2.45, 2.75) is 20.1 Å². The third-order valence-corrected chi connectivity index (χ3v) is 3.73. The molecule has 0 unspecified atom stereocenters. The lowest BCUT2D eigenvalue weighted by atomic mass is 10.3. The number of ether oxygens (including phenoxy) is 1. The highest BCUT2D eigenvalue weighted by Crippen LogP contribution is 2.18. The molecule has 0 aliphatic carbocycles. The summed E-state index contributed by atoms with van der Waals surface area (Å²) in [6.07, 6.45) is 1.68. The summed E-state index contributed by atoms with van der Waals surface area (Å²) in [7, 11) is 0. The van der Waals surface area contributed by atoms with E-state index in [9.17, 15) is 9.18 Å². The van der Waals surface area contributed by atoms with E-state index < -0.39 is 5.82 Å². The minimum Gasteiger partial charge on any atom is -0.482 e. The maximum Gasteiger partial charge on any atom is 0.276 e. The molecule has 1 amide bonds. The second-order valence-corrected chi connectivity index (χ2v) is 5.54. The molecule has 134 valence electrons. The lowest BCUT2D eigenvalue weighted by Gasteiger charge is -2.18. The molecule has 0 N–H and O–H groups in total. The number of amides is 1. The average Bonchev–Trinajstić information content (AvgIpc) is 3.15. The summed E-state index contributed by atoms with van der Waals surface area (Å²) in [6.45, 7) is 2.74. The fourth-order valence-electron chi connectivity index (χ4n) is 2.37. The largest absolute Gasteiger partial charge is 0.482 e. The van der Waals surface area contributed by atoms with Crippen LogP contribution in [0.4, 0.5) is 4.39 Å². The van der Waals surface area contributed by atoms with Crippen LogP contribution in [0.1, 0.15) is 28.9 Å². The number of nitrogens with zero attached hydrogens (tertiary/aromatic N) is 3. The van der Waals surface area contributed by atoms with Crippen molar-refractivity contribution in [2.75, 3.05) is 6.54 Å². The minimum atomic E-state index is -0.462. The van der Waals surface area contributed by atoms with Crippen LogP contribution in [0, 0.1) is 5.82 Å². The van der Waals surface area contributed by atoms with Crippen LogP contribution in [-0.4, -0.2) is 27.5 Å². The minimum absolute atomic E-state index is 0.0203. The number of carbonyl (C=O) groups excluding carboxylic acids is 1. The van der Waals surface area contributed by atoms with E-state index in [2.05, 4.69) is 10.1 Å². The van der Waals surface area contributed by atoms with E-state index >= 15 is 0 Å². The van der Waals surface area contributed by atoms with Crippen LogP contribution in [0.3, 0.4) is 0 Å². The van der Waals surface area contributed by atoms with Crippen molar-refractivity contribution in [1.82, 2.24) is 15.0 Å². The van der Waals surface area contributed by atoms with Gasteiger partial charge in [-0.2, -0.15) is 0 Å². The molecule has 6 nitrogen and oxygen atoms in total. The molecule has 0 bridgehead atoms. The summed E-state index contributed by atoms with van der Waals surface area (Å²) in [4.78, 5) is 18.4. The second kappa shape index (κ2) is 8.24. The van der Waals surface area contributed by atoms with Gasteiger partial charge in [-0.15, -0.1) is 0 Å². The Bertz CT molecular complexity index is 867. The van der Waals surface area contributed by atoms with Gasteiger partial charge in [0.05, 0.1) is 12.2 Å². The van der Waals surface area contributed by atoms with Crippen molar-refractivity contribution in [3.05, 3.63) is 77.7 Å². The fraction of sp³-hybridized carbons (Fsp3) is 0.211. The second-order valence-electron chi connectivity index (χ2n) is 5.54. The van der Waals surface area contributed by atoms with E-state index in [-0.39, 0.29) is 24.0 Å². The molecular weight excluding hydrogens is 337 g/mol. The lowest BCUT2D eigenvalue weighted by Crippen LogP contribution is -2.30. The van der Waals surface area contributed by atoms with Crippen LogP contribution >= 0.6 is 0 Å². The third-order valence-electron chi connectivity index (χ3n) is 3.73. The molecule has 0 saturated heterocycles. The monoisotopic (exact) mass is 355 g/mol. The first-order valence-corrected chi connectivity index (χ1v) is 8.19. The first-order valence-electron chi connectivity index (χ1n) is 8.19. The van der Waals surface area contributed by atoms with Gasteiger partial charge in [0.2, 0.25) is 0 Å². The van der Waals surface area contributed by atoms with Gasteiger partial charge in [-0.1, -0.05) is 23.4 Å². The number of hydrogen-bond donors (Lipinski definition) is 0. The van der Waals surface area contributed by atoms with Crippen LogP contribution in [0.2, 0.25) is 0 Å². The van der Waals surface area contributed by atoms with Crippen LogP contribution in [0.25, 0.3) is 0 Å². The molecule has 0 aliphatic heterocycles. The summed E-state index contributed by atoms with van der Waals surface area (Å²) in [6, 6.07) is 13.1. The number of carbonyl (C=O) groups is 1. The number of benzene rings is 1. The smallest absolute Gasteiger partial charge is 0.276 e. The predicted octanol–water partition coefficient (Wildman–Crippen LogP) is 3.45. The van der Waals surface area contributed by atoms with E-state index in [0.717, 1.165) is 5.69 Å². The molecule has 0 spiro atoms. The zero-order valence-electron chi connectivity index (χ0n) is 14.3. The predicted molar refractivity (Wildman–Crippen MR) is 91.9 cm³/mol. The van der Waals surface area contributed by atoms with Gasteiger partial charge in [0.1, 0.15) is 6.61 Å². The molecule has 3 aromatic rings. The SMILES string of the molecule is CCN(Cc1ccccn1)C(=O)c1cc(COc2ccccc2F)on1. The molecule has 0 atom stereocenters.